The van der Waals surface area contributed by atoms with Gasteiger partial charge in [-0.3, -0.25) is 4.79 Å². The quantitative estimate of drug-likeness (QED) is 0.917. The molecule has 1 spiro atoms. The Labute approximate surface area is 150 Å². The van der Waals surface area contributed by atoms with Crippen LogP contribution in [-0.4, -0.2) is 53.0 Å². The molecule has 1 aromatic carbocycles. The van der Waals surface area contributed by atoms with Crippen LogP contribution in [0.1, 0.15) is 51.5 Å². The first-order chi connectivity index (χ1) is 12.0. The molecule has 0 saturated carbocycles. The molecule has 2 heterocycles. The molecule has 1 N–H and O–H groups in total. The predicted octanol–water partition coefficient (Wildman–Crippen LogP) is 2.98. The van der Waals surface area contributed by atoms with Crippen LogP contribution in [0.3, 0.4) is 0 Å². The summed E-state index contributed by atoms with van der Waals surface area (Å²) in [6.45, 7) is 8.17. The zero-order valence-electron chi connectivity index (χ0n) is 15.5. The summed E-state index contributed by atoms with van der Waals surface area (Å²) in [7, 11) is 0. The van der Waals surface area contributed by atoms with E-state index in [1.54, 1.807) is 0 Å². The van der Waals surface area contributed by atoms with E-state index >= 15 is 0 Å². The van der Waals surface area contributed by atoms with Gasteiger partial charge in [0, 0.05) is 31.2 Å². The first-order valence-electron chi connectivity index (χ1n) is 9.39. The second-order valence-corrected chi connectivity index (χ2v) is 7.57. The second-order valence-electron chi connectivity index (χ2n) is 7.57. The average Bonchev–Trinajstić information content (AvgIpc) is 2.87. The molecule has 0 bridgehead atoms. The number of amides is 3. The third-order valence-corrected chi connectivity index (χ3v) is 5.63. The topological polar surface area (TPSA) is 52.7 Å². The Morgan fingerprint density at radius 3 is 2.44 bits per heavy atom. The molecular weight excluding hydrogens is 314 g/mol. The maximum atomic E-state index is 13.0. The molecule has 2 fully saturated rings. The Morgan fingerprint density at radius 1 is 1.24 bits per heavy atom. The number of benzene rings is 1. The van der Waals surface area contributed by atoms with Gasteiger partial charge in [-0.05, 0) is 45.6 Å². The standard InChI is InChI=1S/C20H29N3O2/c1-4-23-18(24)17(16-8-6-5-7-9-16)14-20(23)10-12-22(13-11-20)19(25)21-15(2)3/h5-9,15,17H,4,10-14H2,1-3H3,(H,21,25)/t17-/m0/s1. The van der Waals surface area contributed by atoms with E-state index in [0.29, 0.717) is 13.1 Å². The summed E-state index contributed by atoms with van der Waals surface area (Å²) < 4.78 is 0. The van der Waals surface area contributed by atoms with E-state index in [4.69, 9.17) is 0 Å². The maximum Gasteiger partial charge on any atom is 0.317 e. The first-order valence-corrected chi connectivity index (χ1v) is 9.39. The zero-order valence-corrected chi connectivity index (χ0v) is 15.5. The Morgan fingerprint density at radius 2 is 1.88 bits per heavy atom. The largest absolute Gasteiger partial charge is 0.337 e. The lowest BCUT2D eigenvalue weighted by atomic mass is 9.81. The predicted molar refractivity (Wildman–Crippen MR) is 98.4 cm³/mol. The van der Waals surface area contributed by atoms with Crippen molar-refractivity contribution in [2.24, 2.45) is 0 Å². The van der Waals surface area contributed by atoms with E-state index in [2.05, 4.69) is 29.3 Å². The minimum absolute atomic E-state index is 0.0110. The van der Waals surface area contributed by atoms with Gasteiger partial charge >= 0.3 is 6.03 Å². The third kappa shape index (κ3) is 3.37. The Balaban J connectivity index is 1.74. The van der Waals surface area contributed by atoms with Crippen LogP contribution in [0.4, 0.5) is 4.79 Å². The lowest BCUT2D eigenvalue weighted by Crippen LogP contribution is -2.56. The van der Waals surface area contributed by atoms with Crippen LogP contribution in [0.5, 0.6) is 0 Å². The number of rotatable bonds is 3. The summed E-state index contributed by atoms with van der Waals surface area (Å²) in [6, 6.07) is 10.3. The van der Waals surface area contributed by atoms with Crippen molar-refractivity contribution in [3.05, 3.63) is 35.9 Å². The van der Waals surface area contributed by atoms with Crippen LogP contribution in [-0.2, 0) is 4.79 Å². The van der Waals surface area contributed by atoms with Gasteiger partial charge in [0.1, 0.15) is 0 Å². The number of likely N-dealkylation sites (N-methyl/N-ethyl adjacent to an activating group) is 1. The van der Waals surface area contributed by atoms with E-state index in [1.165, 1.54) is 0 Å². The second kappa shape index (κ2) is 7.06. The van der Waals surface area contributed by atoms with Gasteiger partial charge in [-0.2, -0.15) is 0 Å². The lowest BCUT2D eigenvalue weighted by molar-refractivity contribution is -0.133. The van der Waals surface area contributed by atoms with E-state index < -0.39 is 0 Å². The molecule has 5 heteroatoms. The van der Waals surface area contributed by atoms with Crippen LogP contribution in [0.2, 0.25) is 0 Å². The number of nitrogens with zero attached hydrogens (tertiary/aromatic N) is 2. The lowest BCUT2D eigenvalue weighted by Gasteiger charge is -2.44. The number of piperidine rings is 1. The molecule has 2 aliphatic rings. The molecule has 0 unspecified atom stereocenters. The Kier molecular flexibility index (Phi) is 5.02. The fraction of sp³-hybridized carbons (Fsp3) is 0.600. The summed E-state index contributed by atoms with van der Waals surface area (Å²) in [5.41, 5.74) is 1.02. The number of likely N-dealkylation sites (tertiary alicyclic amines) is 2. The fourth-order valence-corrected chi connectivity index (χ4v) is 4.37. The SMILES string of the molecule is CCN1C(=O)[C@H](c2ccccc2)CC12CCN(C(=O)NC(C)C)CC2. The van der Waals surface area contributed by atoms with E-state index in [0.717, 1.165) is 31.4 Å². The molecule has 3 rings (SSSR count). The molecule has 1 atom stereocenters. The molecular formula is C20H29N3O2. The first kappa shape index (κ1) is 17.8. The van der Waals surface area contributed by atoms with Gasteiger partial charge < -0.3 is 15.1 Å². The van der Waals surface area contributed by atoms with Crippen molar-refractivity contribution >= 4 is 11.9 Å². The van der Waals surface area contributed by atoms with E-state index in [9.17, 15) is 9.59 Å². The van der Waals surface area contributed by atoms with Crippen LogP contribution < -0.4 is 5.32 Å². The van der Waals surface area contributed by atoms with Gasteiger partial charge in [0.15, 0.2) is 0 Å². The Hall–Kier alpha value is -2.04. The zero-order chi connectivity index (χ0) is 18.0. The molecule has 0 aromatic heterocycles. The summed E-state index contributed by atoms with van der Waals surface area (Å²) in [4.78, 5) is 29.2. The van der Waals surface area contributed by atoms with Crippen molar-refractivity contribution in [2.45, 2.75) is 57.5 Å². The van der Waals surface area contributed by atoms with Gasteiger partial charge in [0.2, 0.25) is 5.91 Å². The summed E-state index contributed by atoms with van der Waals surface area (Å²) in [6.07, 6.45) is 2.59. The molecule has 0 aliphatic carbocycles. The smallest absolute Gasteiger partial charge is 0.317 e. The molecule has 5 nitrogen and oxygen atoms in total. The molecule has 2 aliphatic heterocycles. The molecule has 25 heavy (non-hydrogen) atoms. The summed E-state index contributed by atoms with van der Waals surface area (Å²) in [5.74, 6) is 0.200. The Bertz CT molecular complexity index is 621. The normalized spacial score (nSPS) is 22.7. The van der Waals surface area contributed by atoms with Crippen LogP contribution >= 0.6 is 0 Å². The highest BCUT2D eigenvalue weighted by molar-refractivity contribution is 5.87. The number of nitrogens with one attached hydrogen (secondary N) is 1. The number of hydrogen-bond acceptors (Lipinski definition) is 2. The number of hydrogen-bond donors (Lipinski definition) is 1. The van der Waals surface area contributed by atoms with Crippen molar-refractivity contribution in [3.63, 3.8) is 0 Å². The monoisotopic (exact) mass is 343 g/mol. The van der Waals surface area contributed by atoms with Gasteiger partial charge in [0.05, 0.1) is 5.92 Å². The van der Waals surface area contributed by atoms with Crippen LogP contribution in [0.25, 0.3) is 0 Å². The molecule has 1 aromatic rings. The minimum Gasteiger partial charge on any atom is -0.337 e. The highest BCUT2D eigenvalue weighted by atomic mass is 16.2. The van der Waals surface area contributed by atoms with E-state index in [1.807, 2.05) is 36.9 Å². The van der Waals surface area contributed by atoms with Gasteiger partial charge in [-0.25, -0.2) is 4.79 Å². The van der Waals surface area contributed by atoms with Crippen LogP contribution in [0.15, 0.2) is 30.3 Å². The van der Waals surface area contributed by atoms with Gasteiger partial charge in [-0.15, -0.1) is 0 Å². The van der Waals surface area contributed by atoms with Crippen molar-refractivity contribution in [1.29, 1.82) is 0 Å². The molecule has 3 amide bonds. The maximum absolute atomic E-state index is 13.0. The van der Waals surface area contributed by atoms with Crippen LogP contribution in [0, 0.1) is 0 Å². The third-order valence-electron chi connectivity index (χ3n) is 5.63. The van der Waals surface area contributed by atoms with Crippen molar-refractivity contribution in [3.8, 4) is 0 Å². The minimum atomic E-state index is -0.0963. The number of carbonyl (C=O) groups is 2. The molecule has 2 saturated heterocycles. The molecule has 136 valence electrons. The summed E-state index contributed by atoms with van der Waals surface area (Å²) >= 11 is 0. The van der Waals surface area contributed by atoms with E-state index in [-0.39, 0.29) is 29.4 Å². The summed E-state index contributed by atoms with van der Waals surface area (Å²) in [5, 5.41) is 2.97. The highest BCUT2D eigenvalue weighted by Crippen LogP contribution is 2.45. The van der Waals surface area contributed by atoms with Crippen molar-refractivity contribution < 1.29 is 9.59 Å². The number of carbonyl (C=O) groups excluding carboxylic acids is 2. The fourth-order valence-electron chi connectivity index (χ4n) is 4.37. The highest BCUT2D eigenvalue weighted by Gasteiger charge is 2.51. The van der Waals surface area contributed by atoms with Gasteiger partial charge in [-0.1, -0.05) is 30.3 Å². The van der Waals surface area contributed by atoms with Gasteiger partial charge in [0.25, 0.3) is 0 Å². The van der Waals surface area contributed by atoms with Crippen molar-refractivity contribution in [1.82, 2.24) is 15.1 Å². The van der Waals surface area contributed by atoms with Crippen molar-refractivity contribution in [2.75, 3.05) is 19.6 Å². The number of urea groups is 1. The average molecular weight is 343 g/mol. The molecule has 0 radical (unpaired) electrons.